The van der Waals surface area contributed by atoms with E-state index in [1.165, 1.54) is 0 Å². The number of hydrogen-bond acceptors (Lipinski definition) is 7. The number of carbonyl (C=O) groups is 1. The Hall–Kier alpha value is -0.830. The zero-order valence-corrected chi connectivity index (χ0v) is 21.2. The van der Waals surface area contributed by atoms with Gasteiger partial charge in [-0.05, 0) is 87.2 Å². The Labute approximate surface area is 202 Å². The molecule has 0 aliphatic heterocycles. The van der Waals surface area contributed by atoms with Crippen LogP contribution in [0.15, 0.2) is 11.6 Å². The Bertz CT molecular complexity index is 848. The molecule has 7 heteroatoms. The first-order valence-corrected chi connectivity index (χ1v) is 13.0. The van der Waals surface area contributed by atoms with Crippen LogP contribution in [0.25, 0.3) is 0 Å². The topological polar surface area (TPSA) is 138 Å². The second-order valence-corrected chi connectivity index (χ2v) is 13.1. The molecule has 0 aromatic heterocycles. The number of carbonyl (C=O) groups excluding carboxylic acids is 1. The molecule has 7 nitrogen and oxygen atoms in total. The number of allylic oxidation sites excluding steroid dienone is 1. The number of aliphatic hydroxyl groups is 6. The summed E-state index contributed by atoms with van der Waals surface area (Å²) in [4.78, 5) is 13.3. The van der Waals surface area contributed by atoms with Gasteiger partial charge in [-0.1, -0.05) is 20.8 Å². The first-order chi connectivity index (χ1) is 15.5. The van der Waals surface area contributed by atoms with Crippen LogP contribution in [0.5, 0.6) is 0 Å². The number of fused-ring (bicyclic) bond motifs is 5. The number of ketones is 1. The van der Waals surface area contributed by atoms with Gasteiger partial charge in [0, 0.05) is 17.8 Å². The van der Waals surface area contributed by atoms with Gasteiger partial charge in [-0.3, -0.25) is 4.79 Å². The van der Waals surface area contributed by atoms with Crippen LogP contribution in [0.3, 0.4) is 0 Å². The second kappa shape index (κ2) is 8.35. The van der Waals surface area contributed by atoms with Crippen molar-refractivity contribution in [1.82, 2.24) is 0 Å². The molecule has 0 bridgehead atoms. The molecule has 3 saturated carbocycles. The van der Waals surface area contributed by atoms with Gasteiger partial charge >= 0.3 is 0 Å². The Morgan fingerprint density at radius 1 is 1.09 bits per heavy atom. The molecule has 0 heterocycles. The first-order valence-electron chi connectivity index (χ1n) is 13.0. The number of aliphatic hydroxyl groups excluding tert-OH is 4. The summed E-state index contributed by atoms with van der Waals surface area (Å²) in [5.41, 5.74) is -2.89. The minimum Gasteiger partial charge on any atom is -0.393 e. The highest BCUT2D eigenvalue weighted by molar-refractivity contribution is 5.95. The molecule has 0 aromatic carbocycles. The average molecular weight is 481 g/mol. The van der Waals surface area contributed by atoms with Crippen molar-refractivity contribution in [3.05, 3.63) is 11.6 Å². The fourth-order valence-corrected chi connectivity index (χ4v) is 8.39. The van der Waals surface area contributed by atoms with Crippen molar-refractivity contribution in [1.29, 1.82) is 0 Å². The SMILES string of the molecule is CC([C@H]1C(O)C[C@@]2(O)C3=CC(=O)[C@@H]4C[C@@H](O)[C@@H](O)C[C@]4(C)C3CC[C@]12C)[C@H](O)CCC(C)(C)O. The van der Waals surface area contributed by atoms with E-state index in [-0.39, 0.29) is 36.4 Å². The summed E-state index contributed by atoms with van der Waals surface area (Å²) < 4.78 is 0. The summed E-state index contributed by atoms with van der Waals surface area (Å²) in [5.74, 6) is -1.29. The van der Waals surface area contributed by atoms with E-state index in [1.807, 2.05) is 20.8 Å². The Morgan fingerprint density at radius 2 is 1.74 bits per heavy atom. The van der Waals surface area contributed by atoms with E-state index in [9.17, 15) is 35.4 Å². The van der Waals surface area contributed by atoms with E-state index in [2.05, 4.69) is 0 Å². The molecule has 0 saturated heterocycles. The summed E-state index contributed by atoms with van der Waals surface area (Å²) in [6.07, 6.45) is 0.990. The fourth-order valence-electron chi connectivity index (χ4n) is 8.39. The fraction of sp³-hybridized carbons (Fsp3) is 0.889. The molecule has 4 aliphatic carbocycles. The molecule has 4 rings (SSSR count). The van der Waals surface area contributed by atoms with Gasteiger partial charge in [-0.15, -0.1) is 0 Å². The summed E-state index contributed by atoms with van der Waals surface area (Å²) in [7, 11) is 0. The van der Waals surface area contributed by atoms with Gasteiger partial charge in [0.15, 0.2) is 5.78 Å². The lowest BCUT2D eigenvalue weighted by Gasteiger charge is -2.60. The van der Waals surface area contributed by atoms with Gasteiger partial charge in [-0.2, -0.15) is 0 Å². The predicted molar refractivity (Wildman–Crippen MR) is 127 cm³/mol. The van der Waals surface area contributed by atoms with Crippen LogP contribution in [0, 0.1) is 34.5 Å². The van der Waals surface area contributed by atoms with E-state index in [0.717, 1.165) is 0 Å². The maximum absolute atomic E-state index is 13.3. The van der Waals surface area contributed by atoms with E-state index < -0.39 is 52.4 Å². The van der Waals surface area contributed by atoms with Gasteiger partial charge in [0.1, 0.15) is 0 Å². The van der Waals surface area contributed by atoms with Crippen LogP contribution < -0.4 is 0 Å². The minimum absolute atomic E-state index is 0.109. The van der Waals surface area contributed by atoms with Crippen molar-refractivity contribution in [2.75, 3.05) is 0 Å². The summed E-state index contributed by atoms with van der Waals surface area (Å²) in [5, 5.41) is 65.1. The van der Waals surface area contributed by atoms with Crippen molar-refractivity contribution < 1.29 is 35.4 Å². The molecule has 194 valence electrons. The first kappa shape index (κ1) is 26.2. The van der Waals surface area contributed by atoms with Crippen LogP contribution in [0.2, 0.25) is 0 Å². The van der Waals surface area contributed by atoms with Gasteiger partial charge in [0.25, 0.3) is 0 Å². The third-order valence-electron chi connectivity index (χ3n) is 10.4. The molecule has 4 aliphatic rings. The highest BCUT2D eigenvalue weighted by atomic mass is 16.3. The third kappa shape index (κ3) is 3.82. The van der Waals surface area contributed by atoms with Crippen molar-refractivity contribution in [2.24, 2.45) is 34.5 Å². The van der Waals surface area contributed by atoms with E-state index in [1.54, 1.807) is 19.9 Å². The molecular formula is C27H44O7. The van der Waals surface area contributed by atoms with E-state index >= 15 is 0 Å². The molecule has 0 aromatic rings. The number of hydrogen-bond donors (Lipinski definition) is 6. The van der Waals surface area contributed by atoms with Crippen LogP contribution >= 0.6 is 0 Å². The van der Waals surface area contributed by atoms with Crippen LogP contribution in [-0.2, 0) is 4.79 Å². The van der Waals surface area contributed by atoms with Crippen LogP contribution in [0.4, 0.5) is 0 Å². The van der Waals surface area contributed by atoms with Crippen molar-refractivity contribution >= 4 is 5.78 Å². The monoisotopic (exact) mass is 480 g/mol. The van der Waals surface area contributed by atoms with Crippen molar-refractivity contribution in [3.63, 3.8) is 0 Å². The zero-order valence-electron chi connectivity index (χ0n) is 21.2. The summed E-state index contributed by atoms with van der Waals surface area (Å²) >= 11 is 0. The molecule has 3 fully saturated rings. The van der Waals surface area contributed by atoms with Crippen LogP contribution in [-0.4, -0.2) is 72.0 Å². The smallest absolute Gasteiger partial charge is 0.159 e. The minimum atomic E-state index is -1.38. The normalized spacial score (nSPS) is 48.4. The van der Waals surface area contributed by atoms with Gasteiger partial charge in [-0.25, -0.2) is 0 Å². The molecule has 6 N–H and O–H groups in total. The van der Waals surface area contributed by atoms with Crippen molar-refractivity contribution in [2.45, 2.75) is 115 Å². The highest BCUT2D eigenvalue weighted by Crippen LogP contribution is 2.68. The lowest BCUT2D eigenvalue weighted by atomic mass is 9.46. The van der Waals surface area contributed by atoms with Crippen molar-refractivity contribution in [3.8, 4) is 0 Å². The maximum Gasteiger partial charge on any atom is 0.159 e. The Morgan fingerprint density at radius 3 is 2.35 bits per heavy atom. The lowest BCUT2D eigenvalue weighted by Crippen LogP contribution is -2.61. The largest absolute Gasteiger partial charge is 0.393 e. The molecule has 11 atom stereocenters. The van der Waals surface area contributed by atoms with E-state index in [0.29, 0.717) is 37.7 Å². The molecular weight excluding hydrogens is 436 g/mol. The predicted octanol–water partition coefficient (Wildman–Crippen LogP) is 1.71. The lowest BCUT2D eigenvalue weighted by molar-refractivity contribution is -0.154. The molecule has 0 amide bonds. The van der Waals surface area contributed by atoms with Gasteiger partial charge in [0.05, 0.1) is 35.6 Å². The maximum atomic E-state index is 13.3. The van der Waals surface area contributed by atoms with Crippen LogP contribution in [0.1, 0.15) is 79.6 Å². The average Bonchev–Trinajstić information content (AvgIpc) is 2.92. The molecule has 0 spiro atoms. The standard InChI is InChI=1S/C27H44O7/c1-14(18(28)7-8-24(2,3)33)23-22(32)13-27(34)16-10-19(29)17-11-20(30)21(31)12-25(17,4)15(16)6-9-26(23,27)5/h10,14-15,17-18,20-23,28,30-34H,6-9,11-13H2,1-5H3/t14?,15?,17-,18+,20+,21-,22?,23-,25+,26+,27+/m0/s1. The number of rotatable bonds is 5. The quantitative estimate of drug-likeness (QED) is 0.352. The van der Waals surface area contributed by atoms with E-state index in [4.69, 9.17) is 0 Å². The Kier molecular flexibility index (Phi) is 6.45. The molecule has 34 heavy (non-hydrogen) atoms. The van der Waals surface area contributed by atoms with Gasteiger partial charge in [0.2, 0.25) is 0 Å². The third-order valence-corrected chi connectivity index (χ3v) is 10.4. The molecule has 0 radical (unpaired) electrons. The second-order valence-electron chi connectivity index (χ2n) is 13.1. The molecule has 3 unspecified atom stereocenters. The van der Waals surface area contributed by atoms with Gasteiger partial charge < -0.3 is 30.6 Å². The summed E-state index contributed by atoms with van der Waals surface area (Å²) in [6.45, 7) is 9.29. The zero-order chi connectivity index (χ0) is 25.4. The highest BCUT2D eigenvalue weighted by Gasteiger charge is 2.69. The summed E-state index contributed by atoms with van der Waals surface area (Å²) in [6, 6.07) is 0. The Balaban J connectivity index is 1.67.